The normalized spacial score (nSPS) is 10.6. The van der Waals surface area contributed by atoms with E-state index in [1.165, 1.54) is 11.0 Å². The summed E-state index contributed by atoms with van der Waals surface area (Å²) in [6.45, 7) is 0.170. The molecule has 0 saturated heterocycles. The number of nitrogens with zero attached hydrogens (tertiary/aromatic N) is 1. The van der Waals surface area contributed by atoms with Crippen molar-refractivity contribution in [3.8, 4) is 0 Å². The Balaban J connectivity index is 2.63. The molecule has 0 fully saturated rings. The van der Waals surface area contributed by atoms with Gasteiger partial charge in [-0.2, -0.15) is 0 Å². The average molecular weight is 246 g/mol. The number of benzene rings is 1. The Kier molecular flexibility index (Phi) is 3.16. The van der Waals surface area contributed by atoms with E-state index in [1.54, 1.807) is 32.3 Å². The molecule has 0 atom stereocenters. The SMILES string of the molecule is CN(C)C(=O)c1ccc2oc(CN)cc(=O)c2c1. The quantitative estimate of drug-likeness (QED) is 0.856. The van der Waals surface area contributed by atoms with E-state index in [9.17, 15) is 9.59 Å². The Bertz CT molecular complexity index is 659. The topological polar surface area (TPSA) is 76.5 Å². The van der Waals surface area contributed by atoms with Crippen LogP contribution in [0.5, 0.6) is 0 Å². The molecule has 5 heteroatoms. The van der Waals surface area contributed by atoms with Crippen molar-refractivity contribution < 1.29 is 9.21 Å². The van der Waals surface area contributed by atoms with Crippen molar-refractivity contribution in [1.29, 1.82) is 0 Å². The molecule has 2 aromatic rings. The van der Waals surface area contributed by atoms with Gasteiger partial charge < -0.3 is 15.1 Å². The predicted octanol–water partition coefficient (Wildman–Crippen LogP) is 0.954. The van der Waals surface area contributed by atoms with Crippen molar-refractivity contribution in [2.75, 3.05) is 14.1 Å². The lowest BCUT2D eigenvalue weighted by atomic mass is 10.1. The minimum absolute atomic E-state index is 0.154. The largest absolute Gasteiger partial charge is 0.459 e. The summed E-state index contributed by atoms with van der Waals surface area (Å²) in [5.74, 6) is 0.276. The molecule has 1 aromatic heterocycles. The number of carbonyl (C=O) groups is 1. The highest BCUT2D eigenvalue weighted by atomic mass is 16.3. The third-order valence-electron chi connectivity index (χ3n) is 2.63. The molecule has 18 heavy (non-hydrogen) atoms. The van der Waals surface area contributed by atoms with Gasteiger partial charge in [-0.15, -0.1) is 0 Å². The van der Waals surface area contributed by atoms with Crippen LogP contribution in [0.4, 0.5) is 0 Å². The van der Waals surface area contributed by atoms with E-state index in [0.717, 1.165) is 0 Å². The van der Waals surface area contributed by atoms with Crippen molar-refractivity contribution in [3.05, 3.63) is 45.8 Å². The molecule has 2 N–H and O–H groups in total. The summed E-state index contributed by atoms with van der Waals surface area (Å²) in [6.07, 6.45) is 0. The second-order valence-corrected chi connectivity index (χ2v) is 4.19. The summed E-state index contributed by atoms with van der Waals surface area (Å²) in [4.78, 5) is 25.1. The van der Waals surface area contributed by atoms with Crippen LogP contribution in [0.2, 0.25) is 0 Å². The summed E-state index contributed by atoms with van der Waals surface area (Å²) in [6, 6.07) is 6.15. The number of carbonyl (C=O) groups excluding carboxylic acids is 1. The second-order valence-electron chi connectivity index (χ2n) is 4.19. The minimum atomic E-state index is -0.190. The van der Waals surface area contributed by atoms with Crippen LogP contribution >= 0.6 is 0 Å². The Labute approximate surface area is 104 Å². The van der Waals surface area contributed by atoms with Gasteiger partial charge in [0.15, 0.2) is 5.43 Å². The molecule has 1 amide bonds. The first-order valence-corrected chi connectivity index (χ1v) is 5.51. The molecule has 0 spiro atoms. The number of rotatable bonds is 2. The molecule has 0 aliphatic carbocycles. The van der Waals surface area contributed by atoms with E-state index in [2.05, 4.69) is 0 Å². The van der Waals surface area contributed by atoms with Crippen LogP contribution in [-0.2, 0) is 6.54 Å². The molecule has 0 aliphatic rings. The molecule has 0 unspecified atom stereocenters. The third kappa shape index (κ3) is 2.12. The van der Waals surface area contributed by atoms with Gasteiger partial charge in [0.05, 0.1) is 11.9 Å². The lowest BCUT2D eigenvalue weighted by Crippen LogP contribution is -2.21. The van der Waals surface area contributed by atoms with E-state index in [1.807, 2.05) is 0 Å². The van der Waals surface area contributed by atoms with E-state index >= 15 is 0 Å². The van der Waals surface area contributed by atoms with Crippen molar-refractivity contribution in [3.63, 3.8) is 0 Å². The van der Waals surface area contributed by atoms with Gasteiger partial charge in [-0.25, -0.2) is 0 Å². The van der Waals surface area contributed by atoms with Gasteiger partial charge in [-0.3, -0.25) is 9.59 Å². The van der Waals surface area contributed by atoms with Crippen molar-refractivity contribution >= 4 is 16.9 Å². The van der Waals surface area contributed by atoms with Crippen LogP contribution in [0.25, 0.3) is 11.0 Å². The summed E-state index contributed by atoms with van der Waals surface area (Å²) in [5, 5.41) is 0.389. The second kappa shape index (κ2) is 4.62. The smallest absolute Gasteiger partial charge is 0.253 e. The van der Waals surface area contributed by atoms with Crippen molar-refractivity contribution in [1.82, 2.24) is 4.90 Å². The maximum atomic E-state index is 11.9. The van der Waals surface area contributed by atoms with Crippen molar-refractivity contribution in [2.24, 2.45) is 5.73 Å². The average Bonchev–Trinajstić information content (AvgIpc) is 2.37. The fourth-order valence-corrected chi connectivity index (χ4v) is 1.70. The minimum Gasteiger partial charge on any atom is -0.459 e. The molecule has 0 aliphatic heterocycles. The van der Waals surface area contributed by atoms with Crippen LogP contribution in [0.3, 0.4) is 0 Å². The number of hydrogen-bond acceptors (Lipinski definition) is 4. The number of fused-ring (bicyclic) bond motifs is 1. The Hall–Kier alpha value is -2.14. The summed E-state index contributed by atoms with van der Waals surface area (Å²) in [5.41, 5.74) is 6.15. The first kappa shape index (κ1) is 12.3. The lowest BCUT2D eigenvalue weighted by Gasteiger charge is -2.10. The standard InChI is InChI=1S/C13H14N2O3/c1-15(2)13(17)8-3-4-12-10(5-8)11(16)6-9(7-14)18-12/h3-6H,7,14H2,1-2H3. The molecule has 0 saturated carbocycles. The Morgan fingerprint density at radius 2 is 2.06 bits per heavy atom. The van der Waals surface area contributed by atoms with Gasteiger partial charge >= 0.3 is 0 Å². The zero-order chi connectivity index (χ0) is 13.3. The van der Waals surface area contributed by atoms with Gasteiger partial charge in [-0.1, -0.05) is 0 Å². The van der Waals surface area contributed by atoms with Crippen LogP contribution in [0, 0.1) is 0 Å². The third-order valence-corrected chi connectivity index (χ3v) is 2.63. The molecule has 0 radical (unpaired) electrons. The van der Waals surface area contributed by atoms with Gasteiger partial charge in [0, 0.05) is 25.7 Å². The summed E-state index contributed by atoms with van der Waals surface area (Å²) in [7, 11) is 3.32. The first-order chi connectivity index (χ1) is 8.52. The molecule has 1 aromatic carbocycles. The van der Waals surface area contributed by atoms with E-state index in [4.69, 9.17) is 10.2 Å². The fourth-order valence-electron chi connectivity index (χ4n) is 1.70. The zero-order valence-electron chi connectivity index (χ0n) is 10.3. The Morgan fingerprint density at radius 3 is 2.67 bits per heavy atom. The van der Waals surface area contributed by atoms with Gasteiger partial charge in [0.2, 0.25) is 0 Å². The highest BCUT2D eigenvalue weighted by molar-refractivity contribution is 5.97. The van der Waals surface area contributed by atoms with Gasteiger partial charge in [-0.05, 0) is 18.2 Å². The lowest BCUT2D eigenvalue weighted by molar-refractivity contribution is 0.0828. The maximum absolute atomic E-state index is 11.9. The first-order valence-electron chi connectivity index (χ1n) is 5.51. The van der Waals surface area contributed by atoms with Crippen LogP contribution in [0.1, 0.15) is 16.1 Å². The molecular weight excluding hydrogens is 232 g/mol. The summed E-state index contributed by atoms with van der Waals surface area (Å²) >= 11 is 0. The van der Waals surface area contributed by atoms with E-state index in [-0.39, 0.29) is 17.9 Å². The highest BCUT2D eigenvalue weighted by Crippen LogP contribution is 2.15. The molecular formula is C13H14N2O3. The zero-order valence-corrected chi connectivity index (χ0v) is 10.3. The number of hydrogen-bond donors (Lipinski definition) is 1. The van der Waals surface area contributed by atoms with Crippen LogP contribution in [-0.4, -0.2) is 24.9 Å². The van der Waals surface area contributed by atoms with Crippen molar-refractivity contribution in [2.45, 2.75) is 6.54 Å². The summed E-state index contributed by atoms with van der Waals surface area (Å²) < 4.78 is 5.44. The highest BCUT2D eigenvalue weighted by Gasteiger charge is 2.11. The fraction of sp³-hybridized carbons (Fsp3) is 0.231. The number of nitrogens with two attached hydrogens (primary N) is 1. The Morgan fingerprint density at radius 1 is 1.33 bits per heavy atom. The molecule has 94 valence electrons. The predicted molar refractivity (Wildman–Crippen MR) is 68.4 cm³/mol. The van der Waals surface area contributed by atoms with Crippen LogP contribution < -0.4 is 11.2 Å². The molecule has 5 nitrogen and oxygen atoms in total. The number of amides is 1. The van der Waals surface area contributed by atoms with Gasteiger partial charge in [0.25, 0.3) is 5.91 Å². The molecule has 1 heterocycles. The molecule has 0 bridgehead atoms. The van der Waals surface area contributed by atoms with E-state index < -0.39 is 0 Å². The maximum Gasteiger partial charge on any atom is 0.253 e. The van der Waals surface area contributed by atoms with Gasteiger partial charge in [0.1, 0.15) is 11.3 Å². The van der Waals surface area contributed by atoms with E-state index in [0.29, 0.717) is 22.3 Å². The molecule has 2 rings (SSSR count). The monoisotopic (exact) mass is 246 g/mol. The van der Waals surface area contributed by atoms with Crippen LogP contribution in [0.15, 0.2) is 33.5 Å².